The molecule has 0 fully saturated rings. The summed E-state index contributed by atoms with van der Waals surface area (Å²) in [6.45, 7) is 6.28. The molecule has 0 aliphatic heterocycles. The maximum absolute atomic E-state index is 12.8. The Kier molecular flexibility index (Phi) is 6.66. The zero-order valence-electron chi connectivity index (χ0n) is 17.9. The number of amides is 1. The Morgan fingerprint density at radius 2 is 2.06 bits per heavy atom. The van der Waals surface area contributed by atoms with Crippen molar-refractivity contribution < 1.29 is 13.9 Å². The van der Waals surface area contributed by atoms with Crippen LogP contribution in [0.1, 0.15) is 31.8 Å². The fourth-order valence-electron chi connectivity index (χ4n) is 3.25. The van der Waals surface area contributed by atoms with Gasteiger partial charge in [0, 0.05) is 16.6 Å². The van der Waals surface area contributed by atoms with Crippen LogP contribution in [0, 0.1) is 0 Å². The number of nitrogens with zero attached hydrogens (tertiary/aromatic N) is 1. The van der Waals surface area contributed by atoms with Gasteiger partial charge in [0.15, 0.2) is 0 Å². The highest BCUT2D eigenvalue weighted by atomic mass is 32.2. The number of thioether (sulfide) groups is 1. The molecule has 0 spiro atoms. The molecule has 0 aliphatic rings. The minimum Gasteiger partial charge on any atom is -0.494 e. The van der Waals surface area contributed by atoms with E-state index in [1.54, 1.807) is 12.3 Å². The molecular formula is C23H23N3O4S2. The first-order valence-corrected chi connectivity index (χ1v) is 12.0. The van der Waals surface area contributed by atoms with Gasteiger partial charge in [-0.25, -0.2) is 4.98 Å². The second kappa shape index (κ2) is 9.62. The van der Waals surface area contributed by atoms with Crippen molar-refractivity contribution in [1.29, 1.82) is 0 Å². The van der Waals surface area contributed by atoms with Crippen LogP contribution in [0.3, 0.4) is 0 Å². The topological polar surface area (TPSA) is 97.2 Å². The van der Waals surface area contributed by atoms with Gasteiger partial charge < -0.3 is 19.5 Å². The van der Waals surface area contributed by atoms with Crippen LogP contribution in [0.15, 0.2) is 57.3 Å². The Labute approximate surface area is 193 Å². The van der Waals surface area contributed by atoms with Crippen molar-refractivity contribution in [2.24, 2.45) is 0 Å². The van der Waals surface area contributed by atoms with Crippen LogP contribution >= 0.6 is 23.1 Å². The largest absolute Gasteiger partial charge is 0.494 e. The number of anilines is 1. The van der Waals surface area contributed by atoms with E-state index in [-0.39, 0.29) is 22.0 Å². The van der Waals surface area contributed by atoms with Crippen LogP contribution in [0.4, 0.5) is 5.69 Å². The van der Waals surface area contributed by atoms with Crippen molar-refractivity contribution in [3.63, 3.8) is 0 Å². The molecule has 166 valence electrons. The van der Waals surface area contributed by atoms with E-state index in [1.807, 2.05) is 56.5 Å². The third kappa shape index (κ3) is 4.73. The molecule has 0 radical (unpaired) electrons. The lowest BCUT2D eigenvalue weighted by Crippen LogP contribution is -2.23. The van der Waals surface area contributed by atoms with Crippen molar-refractivity contribution in [2.45, 2.75) is 31.3 Å². The lowest BCUT2D eigenvalue weighted by molar-refractivity contribution is -0.115. The van der Waals surface area contributed by atoms with Crippen molar-refractivity contribution >= 4 is 44.9 Å². The summed E-state index contributed by atoms with van der Waals surface area (Å²) in [5.41, 5.74) is 1.23. The third-order valence-corrected chi connectivity index (χ3v) is 6.97. The number of aromatic nitrogens is 2. The first-order valence-electron chi connectivity index (χ1n) is 10.2. The first-order chi connectivity index (χ1) is 15.5. The molecule has 0 saturated carbocycles. The van der Waals surface area contributed by atoms with Gasteiger partial charge in [0.25, 0.3) is 5.56 Å². The summed E-state index contributed by atoms with van der Waals surface area (Å²) in [5, 5.41) is 4.78. The fourth-order valence-corrected chi connectivity index (χ4v) is 5.22. The third-order valence-electron chi connectivity index (χ3n) is 4.84. The normalized spacial score (nSPS) is 13.1. The molecular weight excluding hydrogens is 446 g/mol. The van der Waals surface area contributed by atoms with Gasteiger partial charge in [-0.2, -0.15) is 0 Å². The molecule has 0 aliphatic carbocycles. The molecule has 9 heteroatoms. The monoisotopic (exact) mass is 469 g/mol. The number of hydrogen-bond acceptors (Lipinski definition) is 7. The lowest BCUT2D eigenvalue weighted by Gasteiger charge is -2.16. The molecule has 3 aromatic heterocycles. The number of benzene rings is 1. The molecule has 4 rings (SSSR count). The quantitative estimate of drug-likeness (QED) is 0.355. The molecule has 2 atom stereocenters. The highest BCUT2D eigenvalue weighted by Crippen LogP contribution is 2.34. The fraction of sp³-hybridized carbons (Fsp3) is 0.261. The second-order valence-corrected chi connectivity index (χ2v) is 9.67. The average molecular weight is 470 g/mol. The van der Waals surface area contributed by atoms with Gasteiger partial charge in [-0.15, -0.1) is 23.1 Å². The number of rotatable bonds is 8. The van der Waals surface area contributed by atoms with Gasteiger partial charge in [-0.05, 0) is 57.2 Å². The van der Waals surface area contributed by atoms with E-state index in [0.717, 1.165) is 11.3 Å². The predicted molar refractivity (Wildman–Crippen MR) is 130 cm³/mol. The number of H-pyrrole nitrogens is 1. The second-order valence-electron chi connectivity index (χ2n) is 7.13. The molecule has 32 heavy (non-hydrogen) atoms. The van der Waals surface area contributed by atoms with Gasteiger partial charge >= 0.3 is 0 Å². The number of thiophene rings is 1. The van der Waals surface area contributed by atoms with E-state index >= 15 is 0 Å². The summed E-state index contributed by atoms with van der Waals surface area (Å²) in [4.78, 5) is 33.6. The summed E-state index contributed by atoms with van der Waals surface area (Å²) in [6.07, 6.45) is 1.58. The molecule has 3 heterocycles. The Hall–Kier alpha value is -3.04. The summed E-state index contributed by atoms with van der Waals surface area (Å²) < 4.78 is 10.9. The van der Waals surface area contributed by atoms with Crippen LogP contribution in [0.2, 0.25) is 0 Å². The van der Waals surface area contributed by atoms with E-state index in [0.29, 0.717) is 34.1 Å². The molecule has 0 bridgehead atoms. The van der Waals surface area contributed by atoms with E-state index < -0.39 is 0 Å². The Bertz CT molecular complexity index is 1260. The van der Waals surface area contributed by atoms with Crippen LogP contribution in [0.5, 0.6) is 5.75 Å². The number of furan rings is 1. The molecule has 1 aromatic carbocycles. The summed E-state index contributed by atoms with van der Waals surface area (Å²) >= 11 is 2.83. The van der Waals surface area contributed by atoms with E-state index in [1.165, 1.54) is 23.1 Å². The number of carbonyl (C=O) groups excluding carboxylic acids is 1. The van der Waals surface area contributed by atoms with Crippen LogP contribution in [0.25, 0.3) is 21.5 Å². The highest BCUT2D eigenvalue weighted by Gasteiger charge is 2.22. The minimum absolute atomic E-state index is 0.120. The minimum atomic E-state index is -0.348. The molecule has 0 saturated heterocycles. The summed E-state index contributed by atoms with van der Waals surface area (Å²) in [5.74, 6) is 1.82. The maximum atomic E-state index is 12.8. The van der Waals surface area contributed by atoms with Crippen molar-refractivity contribution in [3.05, 3.63) is 64.2 Å². The van der Waals surface area contributed by atoms with Gasteiger partial charge in [-0.1, -0.05) is 0 Å². The number of fused-ring (bicyclic) bond motifs is 1. The van der Waals surface area contributed by atoms with Gasteiger partial charge in [0.2, 0.25) is 5.91 Å². The molecule has 4 aromatic rings. The van der Waals surface area contributed by atoms with Gasteiger partial charge in [0.1, 0.15) is 22.2 Å². The Morgan fingerprint density at radius 3 is 2.75 bits per heavy atom. The maximum Gasteiger partial charge on any atom is 0.260 e. The molecule has 7 nitrogen and oxygen atoms in total. The number of ether oxygens (including phenoxy) is 1. The van der Waals surface area contributed by atoms with Gasteiger partial charge in [-0.3, -0.25) is 9.59 Å². The Balaban J connectivity index is 1.45. The molecule has 2 N–H and O–H groups in total. The Morgan fingerprint density at radius 1 is 1.28 bits per heavy atom. The molecule has 2 unspecified atom stereocenters. The lowest BCUT2D eigenvalue weighted by atomic mass is 10.2. The van der Waals surface area contributed by atoms with Crippen LogP contribution < -0.4 is 15.6 Å². The van der Waals surface area contributed by atoms with E-state index in [4.69, 9.17) is 9.15 Å². The summed E-state index contributed by atoms with van der Waals surface area (Å²) in [6, 6.07) is 10.9. The van der Waals surface area contributed by atoms with E-state index in [2.05, 4.69) is 15.3 Å². The zero-order chi connectivity index (χ0) is 22.7. The summed E-state index contributed by atoms with van der Waals surface area (Å²) in [7, 11) is 0. The smallest absolute Gasteiger partial charge is 0.260 e. The SMILES string of the molecule is CCOc1ccc(NC(=O)C(C)SC(C)c2nc3scc(-c4ccco4)c3c(=O)[nH]2)cc1. The standard InChI is InChI=1S/C23H23N3O4S2/c1-4-29-16-9-7-15(8-10-16)24-21(27)14(3)32-13(2)20-25-22(28)19-17(12-31-23(19)26-20)18-6-5-11-30-18/h5-14H,4H2,1-3H3,(H,24,27)(H,25,26,28). The average Bonchev–Trinajstić information content (AvgIpc) is 3.45. The first kappa shape index (κ1) is 22.2. The van der Waals surface area contributed by atoms with Crippen LogP contribution in [-0.4, -0.2) is 27.7 Å². The number of nitrogens with one attached hydrogen (secondary N) is 2. The zero-order valence-corrected chi connectivity index (χ0v) is 19.5. The number of carbonyl (C=O) groups is 1. The number of aromatic amines is 1. The molecule has 1 amide bonds. The van der Waals surface area contributed by atoms with Crippen molar-refractivity contribution in [2.75, 3.05) is 11.9 Å². The highest BCUT2D eigenvalue weighted by molar-refractivity contribution is 8.00. The van der Waals surface area contributed by atoms with E-state index in [9.17, 15) is 9.59 Å². The van der Waals surface area contributed by atoms with Gasteiger partial charge in [0.05, 0.1) is 28.8 Å². The predicted octanol–water partition coefficient (Wildman–Crippen LogP) is 5.46. The van der Waals surface area contributed by atoms with Crippen molar-refractivity contribution in [1.82, 2.24) is 9.97 Å². The number of hydrogen-bond donors (Lipinski definition) is 2. The van der Waals surface area contributed by atoms with Crippen molar-refractivity contribution in [3.8, 4) is 17.1 Å². The van der Waals surface area contributed by atoms with Crippen LogP contribution in [-0.2, 0) is 4.79 Å².